The summed E-state index contributed by atoms with van der Waals surface area (Å²) in [5.41, 5.74) is 7.48. The highest BCUT2D eigenvalue weighted by Gasteiger charge is 2.15. The van der Waals surface area contributed by atoms with Crippen molar-refractivity contribution in [1.29, 1.82) is 5.26 Å². The Morgan fingerprint density at radius 1 is 1.44 bits per heavy atom. The number of anilines is 1. The van der Waals surface area contributed by atoms with Gasteiger partial charge in [0.05, 0.1) is 11.5 Å². The monoisotopic (exact) mass is 234 g/mol. The summed E-state index contributed by atoms with van der Waals surface area (Å²) in [4.78, 5) is 1.22. The van der Waals surface area contributed by atoms with Crippen LogP contribution in [0, 0.1) is 23.7 Å². The zero-order valence-electron chi connectivity index (χ0n) is 10.1. The highest BCUT2D eigenvalue weighted by atomic mass is 32.2. The quantitative estimate of drug-likeness (QED) is 0.639. The molecule has 1 aromatic carbocycles. The Hall–Kier alpha value is -1.14. The molecule has 0 saturated carbocycles. The third kappa shape index (κ3) is 3.79. The highest BCUT2D eigenvalue weighted by Crippen LogP contribution is 2.27. The van der Waals surface area contributed by atoms with Crippen LogP contribution in [-0.4, -0.2) is 5.75 Å². The molecular weight excluding hydrogens is 216 g/mol. The van der Waals surface area contributed by atoms with Crippen LogP contribution in [0.2, 0.25) is 0 Å². The molecule has 0 spiro atoms. The summed E-state index contributed by atoms with van der Waals surface area (Å²) in [6, 6.07) is 8.38. The number of aryl methyl sites for hydroxylation is 1. The molecule has 1 aromatic rings. The molecule has 0 bridgehead atoms. The Balaban J connectivity index is 2.50. The van der Waals surface area contributed by atoms with Gasteiger partial charge in [0.1, 0.15) is 0 Å². The molecule has 0 aliphatic carbocycles. The van der Waals surface area contributed by atoms with Crippen molar-refractivity contribution in [2.45, 2.75) is 32.1 Å². The molecule has 0 saturated heterocycles. The second kappa shape index (κ2) is 5.27. The smallest absolute Gasteiger partial charge is 0.0684 e. The van der Waals surface area contributed by atoms with Crippen LogP contribution in [0.15, 0.2) is 23.1 Å². The summed E-state index contributed by atoms with van der Waals surface area (Å²) in [6.07, 6.45) is 0.900. The van der Waals surface area contributed by atoms with Gasteiger partial charge in [0.25, 0.3) is 0 Å². The fraction of sp³-hybridized carbons (Fsp3) is 0.462. The average Bonchev–Trinajstić information content (AvgIpc) is 2.23. The second-order valence-electron chi connectivity index (χ2n) is 4.61. The number of hydrogen-bond donors (Lipinski definition) is 1. The molecule has 0 unspecified atom stereocenters. The van der Waals surface area contributed by atoms with Crippen molar-refractivity contribution < 1.29 is 0 Å². The van der Waals surface area contributed by atoms with E-state index in [0.29, 0.717) is 0 Å². The lowest BCUT2D eigenvalue weighted by Crippen LogP contribution is -2.08. The van der Waals surface area contributed by atoms with E-state index in [2.05, 4.69) is 12.1 Å². The largest absolute Gasteiger partial charge is 0.399 e. The molecule has 0 atom stereocenters. The van der Waals surface area contributed by atoms with Gasteiger partial charge in [-0.15, -0.1) is 11.8 Å². The first kappa shape index (κ1) is 12.9. The van der Waals surface area contributed by atoms with E-state index in [1.54, 1.807) is 11.8 Å². The van der Waals surface area contributed by atoms with Crippen LogP contribution in [-0.2, 0) is 0 Å². The lowest BCUT2D eigenvalue weighted by atomic mass is 9.93. The van der Waals surface area contributed by atoms with Gasteiger partial charge in [0.2, 0.25) is 0 Å². The molecule has 1 rings (SSSR count). The highest BCUT2D eigenvalue weighted by molar-refractivity contribution is 7.99. The standard InChI is InChI=1S/C13H18N2S/c1-10-8-11(4-5-12(10)15)16-7-6-13(2,3)9-14/h4-5,8H,6-7,15H2,1-3H3. The van der Waals surface area contributed by atoms with Gasteiger partial charge in [-0.2, -0.15) is 5.26 Å². The van der Waals surface area contributed by atoms with E-state index in [1.165, 1.54) is 4.90 Å². The molecular formula is C13H18N2S. The molecule has 3 heteroatoms. The van der Waals surface area contributed by atoms with E-state index in [1.807, 2.05) is 32.9 Å². The fourth-order valence-corrected chi connectivity index (χ4v) is 2.49. The summed E-state index contributed by atoms with van der Waals surface area (Å²) in [7, 11) is 0. The number of nitrogens with zero attached hydrogens (tertiary/aromatic N) is 1. The van der Waals surface area contributed by atoms with Crippen molar-refractivity contribution in [2.75, 3.05) is 11.5 Å². The predicted octanol–water partition coefficient (Wildman–Crippen LogP) is 3.61. The van der Waals surface area contributed by atoms with E-state index in [9.17, 15) is 0 Å². The number of rotatable bonds is 4. The molecule has 86 valence electrons. The molecule has 2 N–H and O–H groups in total. The van der Waals surface area contributed by atoms with E-state index < -0.39 is 0 Å². The minimum atomic E-state index is -0.226. The summed E-state index contributed by atoms with van der Waals surface area (Å²) in [5, 5.41) is 8.90. The molecule has 0 fully saturated rings. The van der Waals surface area contributed by atoms with Gasteiger partial charge in [0, 0.05) is 10.6 Å². The van der Waals surface area contributed by atoms with Crippen molar-refractivity contribution in [3.05, 3.63) is 23.8 Å². The topological polar surface area (TPSA) is 49.8 Å². The number of nitrogen functional groups attached to an aromatic ring is 1. The molecule has 0 aliphatic heterocycles. The Morgan fingerprint density at radius 2 is 2.12 bits per heavy atom. The van der Waals surface area contributed by atoms with Crippen molar-refractivity contribution in [2.24, 2.45) is 5.41 Å². The van der Waals surface area contributed by atoms with Crippen LogP contribution in [0.25, 0.3) is 0 Å². The van der Waals surface area contributed by atoms with Gasteiger partial charge in [-0.3, -0.25) is 0 Å². The van der Waals surface area contributed by atoms with Crippen molar-refractivity contribution in [3.8, 4) is 6.07 Å². The Kier molecular flexibility index (Phi) is 4.26. The zero-order valence-corrected chi connectivity index (χ0v) is 10.9. The zero-order chi connectivity index (χ0) is 12.2. The SMILES string of the molecule is Cc1cc(SCCC(C)(C)C#N)ccc1N. The average molecular weight is 234 g/mol. The second-order valence-corrected chi connectivity index (χ2v) is 5.78. The summed E-state index contributed by atoms with van der Waals surface area (Å²) in [5.74, 6) is 0.962. The first-order valence-corrected chi connectivity index (χ1v) is 6.33. The van der Waals surface area contributed by atoms with E-state index in [0.717, 1.165) is 23.4 Å². The summed E-state index contributed by atoms with van der Waals surface area (Å²) >= 11 is 1.78. The van der Waals surface area contributed by atoms with Crippen molar-refractivity contribution >= 4 is 17.4 Å². The van der Waals surface area contributed by atoms with Crippen molar-refractivity contribution in [1.82, 2.24) is 0 Å². The van der Waals surface area contributed by atoms with Gasteiger partial charge >= 0.3 is 0 Å². The van der Waals surface area contributed by atoms with Gasteiger partial charge in [-0.1, -0.05) is 0 Å². The van der Waals surface area contributed by atoms with Gasteiger partial charge in [-0.05, 0) is 56.7 Å². The first-order chi connectivity index (χ1) is 7.44. The molecule has 0 radical (unpaired) electrons. The van der Waals surface area contributed by atoms with Crippen LogP contribution in [0.1, 0.15) is 25.8 Å². The lowest BCUT2D eigenvalue weighted by Gasteiger charge is -2.14. The van der Waals surface area contributed by atoms with E-state index in [4.69, 9.17) is 11.0 Å². The molecule has 2 nitrogen and oxygen atoms in total. The van der Waals surface area contributed by atoms with Crippen LogP contribution in [0.3, 0.4) is 0 Å². The molecule has 0 aromatic heterocycles. The third-order valence-corrected chi connectivity index (χ3v) is 3.54. The van der Waals surface area contributed by atoms with E-state index >= 15 is 0 Å². The maximum Gasteiger partial charge on any atom is 0.0684 e. The van der Waals surface area contributed by atoms with Crippen LogP contribution >= 0.6 is 11.8 Å². The Bertz CT molecular complexity index is 405. The number of hydrogen-bond acceptors (Lipinski definition) is 3. The van der Waals surface area contributed by atoms with Crippen LogP contribution < -0.4 is 5.73 Å². The minimum absolute atomic E-state index is 0.226. The van der Waals surface area contributed by atoms with Gasteiger partial charge in [0.15, 0.2) is 0 Å². The van der Waals surface area contributed by atoms with Crippen molar-refractivity contribution in [3.63, 3.8) is 0 Å². The minimum Gasteiger partial charge on any atom is -0.399 e. The normalized spacial score (nSPS) is 11.1. The number of benzene rings is 1. The van der Waals surface area contributed by atoms with Crippen LogP contribution in [0.4, 0.5) is 5.69 Å². The van der Waals surface area contributed by atoms with Gasteiger partial charge < -0.3 is 5.73 Å². The number of nitriles is 1. The summed E-state index contributed by atoms with van der Waals surface area (Å²) < 4.78 is 0. The van der Waals surface area contributed by atoms with Crippen LogP contribution in [0.5, 0.6) is 0 Å². The number of thioether (sulfide) groups is 1. The Labute approximate surface area is 102 Å². The third-order valence-electron chi connectivity index (χ3n) is 2.54. The predicted molar refractivity (Wildman–Crippen MR) is 70.3 cm³/mol. The fourth-order valence-electron chi connectivity index (χ4n) is 1.22. The Morgan fingerprint density at radius 3 is 2.69 bits per heavy atom. The number of nitrogens with two attached hydrogens (primary N) is 1. The van der Waals surface area contributed by atoms with Gasteiger partial charge in [-0.25, -0.2) is 0 Å². The molecule has 16 heavy (non-hydrogen) atoms. The molecule has 0 aliphatic rings. The van der Waals surface area contributed by atoms with E-state index in [-0.39, 0.29) is 5.41 Å². The molecule has 0 heterocycles. The summed E-state index contributed by atoms with van der Waals surface area (Å²) in [6.45, 7) is 5.96. The maximum atomic E-state index is 8.90. The lowest BCUT2D eigenvalue weighted by molar-refractivity contribution is 0.482. The molecule has 0 amide bonds. The maximum absolute atomic E-state index is 8.90. The first-order valence-electron chi connectivity index (χ1n) is 5.35.